The van der Waals surface area contributed by atoms with Gasteiger partial charge in [0.05, 0.1) is 11.7 Å². The van der Waals surface area contributed by atoms with Crippen molar-refractivity contribution in [2.24, 2.45) is 13.0 Å². The number of rotatable bonds is 10. The molecule has 1 fully saturated rings. The molecule has 1 saturated carbocycles. The van der Waals surface area contributed by atoms with E-state index in [0.29, 0.717) is 29.1 Å². The minimum atomic E-state index is -1.07. The van der Waals surface area contributed by atoms with Gasteiger partial charge in [0.1, 0.15) is 17.5 Å². The Morgan fingerprint density at radius 1 is 1.28 bits per heavy atom. The predicted molar refractivity (Wildman–Crippen MR) is 136 cm³/mol. The highest BCUT2D eigenvalue weighted by molar-refractivity contribution is 6.06. The second kappa shape index (κ2) is 10.7. The summed E-state index contributed by atoms with van der Waals surface area (Å²) in [6, 6.07) is 6.75. The molecule has 3 aromatic rings. The average molecular weight is 492 g/mol. The van der Waals surface area contributed by atoms with Crippen molar-refractivity contribution >= 4 is 28.7 Å². The Morgan fingerprint density at radius 2 is 2.14 bits per heavy atom. The third-order valence-corrected chi connectivity index (χ3v) is 7.33. The molecule has 3 aromatic heterocycles. The predicted octanol–water partition coefficient (Wildman–Crippen LogP) is 3.33. The number of aromatic nitrogens is 3. The SMILES string of the molecule is Cn1ccc2c(C(=O)N[C@@H](CCO[C@H]3C[C@H](CCc4ccc5c(n4)NCCC5)C3)C(=O)O)ccnc21. The molecule has 1 aliphatic heterocycles. The van der Waals surface area contributed by atoms with Crippen molar-refractivity contribution < 1.29 is 19.4 Å². The molecule has 0 radical (unpaired) electrons. The molecule has 0 bridgehead atoms. The van der Waals surface area contributed by atoms with Crippen LogP contribution < -0.4 is 10.6 Å². The highest BCUT2D eigenvalue weighted by Crippen LogP contribution is 2.34. The zero-order valence-electron chi connectivity index (χ0n) is 20.6. The van der Waals surface area contributed by atoms with E-state index < -0.39 is 17.9 Å². The lowest BCUT2D eigenvalue weighted by Crippen LogP contribution is -2.42. The quantitative estimate of drug-likeness (QED) is 0.398. The Kier molecular flexibility index (Phi) is 7.18. The number of fused-ring (bicyclic) bond motifs is 2. The normalized spacial score (nSPS) is 19.7. The summed E-state index contributed by atoms with van der Waals surface area (Å²) in [5, 5.41) is 16.4. The molecule has 1 atom stereocenters. The molecule has 2 aliphatic rings. The topological polar surface area (TPSA) is 118 Å². The maximum Gasteiger partial charge on any atom is 0.326 e. The number of pyridine rings is 2. The Bertz CT molecular complexity index is 1250. The van der Waals surface area contributed by atoms with Crippen molar-refractivity contribution in [2.45, 2.75) is 57.1 Å². The molecule has 0 saturated heterocycles. The van der Waals surface area contributed by atoms with Crippen LogP contribution in [0.5, 0.6) is 0 Å². The van der Waals surface area contributed by atoms with Crippen LogP contribution in [0.15, 0.2) is 36.7 Å². The first-order valence-electron chi connectivity index (χ1n) is 12.8. The van der Waals surface area contributed by atoms with Gasteiger partial charge in [-0.15, -0.1) is 0 Å². The zero-order chi connectivity index (χ0) is 25.1. The second-order valence-corrected chi connectivity index (χ2v) is 9.88. The fraction of sp³-hybridized carbons (Fsp3) is 0.481. The van der Waals surface area contributed by atoms with Gasteiger partial charge in [-0.25, -0.2) is 14.8 Å². The minimum absolute atomic E-state index is 0.155. The standard InChI is InChI=1S/C27H33N5O4/c1-32-13-9-21-22(8-12-29-25(21)32)26(33)31-23(27(34)35)10-14-36-20-15-17(16-20)4-6-19-7-5-18-3-2-11-28-24(18)30-19/h5,7-9,12-13,17,20,23H,2-4,6,10-11,14-16H2,1H3,(H,28,30)(H,31,33)(H,34,35)/t17-,20-,23-/m0/s1. The molecule has 3 N–H and O–H groups in total. The van der Waals surface area contributed by atoms with Crippen molar-refractivity contribution in [3.8, 4) is 0 Å². The summed E-state index contributed by atoms with van der Waals surface area (Å²) in [5.74, 6) is 0.168. The first kappa shape index (κ1) is 24.2. The fourth-order valence-electron chi connectivity index (χ4n) is 5.11. The molecule has 36 heavy (non-hydrogen) atoms. The number of anilines is 1. The zero-order valence-corrected chi connectivity index (χ0v) is 20.6. The molecule has 4 heterocycles. The van der Waals surface area contributed by atoms with E-state index in [-0.39, 0.29) is 12.5 Å². The Hall–Kier alpha value is -3.46. The van der Waals surface area contributed by atoms with Gasteiger partial charge in [0.2, 0.25) is 0 Å². The minimum Gasteiger partial charge on any atom is -0.480 e. The summed E-state index contributed by atoms with van der Waals surface area (Å²) in [6.45, 7) is 1.29. The van der Waals surface area contributed by atoms with Gasteiger partial charge in [0, 0.05) is 50.1 Å². The Balaban J connectivity index is 1.04. The Labute approximate surface area is 210 Å². The van der Waals surface area contributed by atoms with Gasteiger partial charge < -0.3 is 25.0 Å². The summed E-state index contributed by atoms with van der Waals surface area (Å²) in [4.78, 5) is 33.6. The summed E-state index contributed by atoms with van der Waals surface area (Å²) in [5.41, 5.74) is 3.54. The van der Waals surface area contributed by atoms with Crippen molar-refractivity contribution in [3.63, 3.8) is 0 Å². The first-order valence-corrected chi connectivity index (χ1v) is 12.8. The van der Waals surface area contributed by atoms with Gasteiger partial charge in [0.25, 0.3) is 5.91 Å². The second-order valence-electron chi connectivity index (χ2n) is 9.88. The van der Waals surface area contributed by atoms with Crippen LogP contribution in [-0.4, -0.2) is 56.8 Å². The largest absolute Gasteiger partial charge is 0.480 e. The molecule has 0 aromatic carbocycles. The van der Waals surface area contributed by atoms with E-state index in [0.717, 1.165) is 50.2 Å². The Morgan fingerprint density at radius 3 is 2.97 bits per heavy atom. The van der Waals surface area contributed by atoms with Crippen LogP contribution in [0.4, 0.5) is 5.82 Å². The van der Waals surface area contributed by atoms with Crippen LogP contribution in [0, 0.1) is 5.92 Å². The first-order chi connectivity index (χ1) is 17.5. The van der Waals surface area contributed by atoms with Gasteiger partial charge in [-0.05, 0) is 68.2 Å². The van der Waals surface area contributed by atoms with E-state index in [9.17, 15) is 14.7 Å². The van der Waals surface area contributed by atoms with Crippen LogP contribution >= 0.6 is 0 Å². The molecular formula is C27H33N5O4. The van der Waals surface area contributed by atoms with Gasteiger partial charge in [0.15, 0.2) is 0 Å². The number of carboxylic acids is 1. The van der Waals surface area contributed by atoms with Gasteiger partial charge in [-0.2, -0.15) is 0 Å². The van der Waals surface area contributed by atoms with Crippen LogP contribution in [0.2, 0.25) is 0 Å². The molecule has 9 nitrogen and oxygen atoms in total. The van der Waals surface area contributed by atoms with Crippen LogP contribution in [-0.2, 0) is 29.4 Å². The molecule has 9 heteroatoms. The van der Waals surface area contributed by atoms with E-state index in [4.69, 9.17) is 9.72 Å². The van der Waals surface area contributed by atoms with Gasteiger partial charge >= 0.3 is 5.97 Å². The number of hydrogen-bond acceptors (Lipinski definition) is 6. The van der Waals surface area contributed by atoms with Gasteiger partial charge in [-0.3, -0.25) is 4.79 Å². The lowest BCUT2D eigenvalue weighted by molar-refractivity contribution is -0.140. The molecule has 1 aliphatic carbocycles. The summed E-state index contributed by atoms with van der Waals surface area (Å²) in [6.07, 6.45) is 10.0. The van der Waals surface area contributed by atoms with Crippen LogP contribution in [0.25, 0.3) is 11.0 Å². The molecule has 1 amide bonds. The lowest BCUT2D eigenvalue weighted by atomic mass is 9.79. The highest BCUT2D eigenvalue weighted by Gasteiger charge is 2.30. The van der Waals surface area contributed by atoms with Crippen molar-refractivity contribution in [1.29, 1.82) is 0 Å². The summed E-state index contributed by atoms with van der Waals surface area (Å²) in [7, 11) is 1.85. The van der Waals surface area contributed by atoms with E-state index in [2.05, 4.69) is 27.8 Å². The third-order valence-electron chi connectivity index (χ3n) is 7.33. The van der Waals surface area contributed by atoms with Crippen molar-refractivity contribution in [2.75, 3.05) is 18.5 Å². The molecule has 5 rings (SSSR count). The maximum atomic E-state index is 12.8. The molecule has 0 unspecified atom stereocenters. The third kappa shape index (κ3) is 5.36. The number of ether oxygens (including phenoxy) is 1. The summed E-state index contributed by atoms with van der Waals surface area (Å²) >= 11 is 0. The highest BCUT2D eigenvalue weighted by atomic mass is 16.5. The van der Waals surface area contributed by atoms with Crippen LogP contribution in [0.3, 0.4) is 0 Å². The molecular weight excluding hydrogens is 458 g/mol. The lowest BCUT2D eigenvalue weighted by Gasteiger charge is -2.35. The number of hydrogen-bond donors (Lipinski definition) is 3. The van der Waals surface area contributed by atoms with Crippen molar-refractivity contribution in [3.05, 3.63) is 53.5 Å². The number of carboxylic acid groups (broad SMARTS) is 1. The number of aliphatic carboxylic acids is 1. The van der Waals surface area contributed by atoms with Crippen LogP contribution in [0.1, 0.15) is 53.7 Å². The van der Waals surface area contributed by atoms with E-state index in [1.54, 1.807) is 12.3 Å². The van der Waals surface area contributed by atoms with E-state index in [1.807, 2.05) is 23.9 Å². The summed E-state index contributed by atoms with van der Waals surface area (Å²) < 4.78 is 7.74. The average Bonchev–Trinajstić information content (AvgIpc) is 3.24. The number of carbonyl (C=O) groups excluding carboxylic acids is 1. The number of amides is 1. The van der Waals surface area contributed by atoms with Crippen molar-refractivity contribution in [1.82, 2.24) is 19.9 Å². The number of carbonyl (C=O) groups is 2. The smallest absolute Gasteiger partial charge is 0.326 e. The van der Waals surface area contributed by atoms with Gasteiger partial charge in [-0.1, -0.05) is 6.07 Å². The van der Waals surface area contributed by atoms with E-state index in [1.165, 1.54) is 12.0 Å². The molecule has 0 spiro atoms. The number of aryl methyl sites for hydroxylation is 3. The fourth-order valence-corrected chi connectivity index (χ4v) is 5.11. The van der Waals surface area contributed by atoms with E-state index >= 15 is 0 Å². The molecule has 190 valence electrons. The number of nitrogens with zero attached hydrogens (tertiary/aromatic N) is 3. The monoisotopic (exact) mass is 491 g/mol. The maximum absolute atomic E-state index is 12.8. The number of nitrogens with one attached hydrogen (secondary N) is 2.